The van der Waals surface area contributed by atoms with Crippen molar-refractivity contribution in [3.63, 3.8) is 0 Å². The average Bonchev–Trinajstić information content (AvgIpc) is 3.38. The number of amidine groups is 1. The van der Waals surface area contributed by atoms with Gasteiger partial charge in [-0.15, -0.1) is 5.10 Å². The molecule has 0 N–H and O–H groups in total. The minimum Gasteiger partial charge on any atom is -0.462 e. The van der Waals surface area contributed by atoms with Crippen LogP contribution in [0.1, 0.15) is 40.0 Å². The second-order valence-corrected chi connectivity index (χ2v) is 10.2. The van der Waals surface area contributed by atoms with Gasteiger partial charge >= 0.3 is 6.02 Å². The Labute approximate surface area is 177 Å². The van der Waals surface area contributed by atoms with Crippen molar-refractivity contribution >= 4 is 23.3 Å². The van der Waals surface area contributed by atoms with E-state index < -0.39 is 0 Å². The molecule has 0 aromatic heterocycles. The van der Waals surface area contributed by atoms with Gasteiger partial charge in [0.15, 0.2) is 6.17 Å². The standard InChI is InChI=1S/C24H26ClN3O/c1-23(2,3)18-14-29-22-26-28(15-8-5-4-6-9-15)21(27(18)22)19-16-10-7-12-24(16)13-11-17(24)20(19)25/h4-6,8-11,18,21H,7,12-14H2,1-3H3/t18-,21?,24?/m1/s1. The highest BCUT2D eigenvalue weighted by Gasteiger charge is 2.59. The van der Waals surface area contributed by atoms with Crippen molar-refractivity contribution in [3.05, 3.63) is 64.2 Å². The molecule has 1 aromatic rings. The summed E-state index contributed by atoms with van der Waals surface area (Å²) in [6, 6.07) is 11.3. The molecular formula is C24H26ClN3O. The van der Waals surface area contributed by atoms with Gasteiger partial charge in [0.2, 0.25) is 0 Å². The van der Waals surface area contributed by atoms with Crippen molar-refractivity contribution in [2.75, 3.05) is 11.6 Å². The van der Waals surface area contributed by atoms with Gasteiger partial charge in [0.05, 0.1) is 16.8 Å². The Morgan fingerprint density at radius 1 is 1.14 bits per heavy atom. The molecule has 1 saturated heterocycles. The number of hydrogen-bond donors (Lipinski definition) is 0. The Bertz CT molecular complexity index is 1020. The second kappa shape index (κ2) is 5.69. The smallest absolute Gasteiger partial charge is 0.312 e. The van der Waals surface area contributed by atoms with Crippen LogP contribution in [0.15, 0.2) is 69.3 Å². The first kappa shape index (κ1) is 17.6. The fourth-order valence-electron chi connectivity index (χ4n) is 5.69. The molecule has 1 aromatic carbocycles. The van der Waals surface area contributed by atoms with E-state index in [0.717, 1.165) is 29.6 Å². The maximum Gasteiger partial charge on any atom is 0.312 e. The summed E-state index contributed by atoms with van der Waals surface area (Å²) < 4.78 is 6.11. The molecule has 4 nitrogen and oxygen atoms in total. The van der Waals surface area contributed by atoms with Gasteiger partial charge in [0, 0.05) is 11.0 Å². The maximum atomic E-state index is 7.08. The van der Waals surface area contributed by atoms with Gasteiger partial charge < -0.3 is 4.74 Å². The van der Waals surface area contributed by atoms with Crippen molar-refractivity contribution in [2.45, 2.75) is 52.2 Å². The van der Waals surface area contributed by atoms with Gasteiger partial charge in [-0.25, -0.2) is 5.01 Å². The minimum absolute atomic E-state index is 0.0633. The number of nitrogens with zero attached hydrogens (tertiary/aromatic N) is 3. The monoisotopic (exact) mass is 407 g/mol. The van der Waals surface area contributed by atoms with E-state index in [1.54, 1.807) is 0 Å². The fraction of sp³-hybridized carbons (Fsp3) is 0.458. The largest absolute Gasteiger partial charge is 0.462 e. The van der Waals surface area contributed by atoms with Gasteiger partial charge in [-0.05, 0) is 48.0 Å². The quantitative estimate of drug-likeness (QED) is 0.657. The minimum atomic E-state index is -0.0700. The number of rotatable bonds is 2. The number of halogens is 1. The Morgan fingerprint density at radius 3 is 2.62 bits per heavy atom. The molecule has 0 bridgehead atoms. The zero-order valence-corrected chi connectivity index (χ0v) is 17.9. The number of ether oxygens (including phenoxy) is 1. The van der Waals surface area contributed by atoms with Crippen LogP contribution in [0.3, 0.4) is 0 Å². The zero-order valence-electron chi connectivity index (χ0n) is 17.2. The van der Waals surface area contributed by atoms with Gasteiger partial charge in [-0.3, -0.25) is 4.90 Å². The summed E-state index contributed by atoms with van der Waals surface area (Å²) in [6.45, 7) is 7.50. The Kier molecular flexibility index (Phi) is 3.46. The van der Waals surface area contributed by atoms with Crippen LogP contribution in [0.2, 0.25) is 0 Å². The SMILES string of the molecule is CC(C)(C)[C@H]1COC2=NN(c3ccccc3)C(C3=C(Cl)C4=CCC45CCC=C35)N21. The molecule has 5 heteroatoms. The lowest BCUT2D eigenvalue weighted by molar-refractivity contribution is 0.156. The summed E-state index contributed by atoms with van der Waals surface area (Å²) >= 11 is 7.08. The van der Waals surface area contributed by atoms with Crippen LogP contribution in [0.4, 0.5) is 5.69 Å². The highest BCUT2D eigenvalue weighted by molar-refractivity contribution is 6.34. The summed E-state index contributed by atoms with van der Waals surface area (Å²) in [7, 11) is 0. The van der Waals surface area contributed by atoms with E-state index in [2.05, 4.69) is 67.1 Å². The number of benzene rings is 1. The van der Waals surface area contributed by atoms with Crippen molar-refractivity contribution in [2.24, 2.45) is 15.9 Å². The fourth-order valence-corrected chi connectivity index (χ4v) is 6.15. The third kappa shape index (κ3) is 2.18. The van der Waals surface area contributed by atoms with E-state index in [-0.39, 0.29) is 23.0 Å². The molecule has 3 aliphatic carbocycles. The molecule has 2 aliphatic heterocycles. The van der Waals surface area contributed by atoms with Crippen LogP contribution in [-0.2, 0) is 4.74 Å². The lowest BCUT2D eigenvalue weighted by Gasteiger charge is -2.40. The normalized spacial score (nSPS) is 32.3. The van der Waals surface area contributed by atoms with Crippen molar-refractivity contribution in [3.8, 4) is 0 Å². The lowest BCUT2D eigenvalue weighted by Crippen LogP contribution is -2.51. The van der Waals surface area contributed by atoms with E-state index in [9.17, 15) is 0 Å². The molecule has 5 aliphatic rings. The molecule has 150 valence electrons. The van der Waals surface area contributed by atoms with Crippen LogP contribution in [0.5, 0.6) is 0 Å². The topological polar surface area (TPSA) is 28.1 Å². The number of hydrazone groups is 1. The summed E-state index contributed by atoms with van der Waals surface area (Å²) in [6.07, 6.45) is 8.09. The lowest BCUT2D eigenvalue weighted by atomic mass is 9.67. The van der Waals surface area contributed by atoms with Crippen LogP contribution in [0.25, 0.3) is 0 Å². The van der Waals surface area contributed by atoms with Gasteiger partial charge in [0.25, 0.3) is 0 Å². The number of allylic oxidation sites excluding steroid dienone is 4. The predicted octanol–water partition coefficient (Wildman–Crippen LogP) is 5.39. The molecule has 6 rings (SSSR count). The Morgan fingerprint density at radius 2 is 1.93 bits per heavy atom. The van der Waals surface area contributed by atoms with Crippen molar-refractivity contribution in [1.82, 2.24) is 4.90 Å². The van der Waals surface area contributed by atoms with E-state index >= 15 is 0 Å². The summed E-state index contributed by atoms with van der Waals surface area (Å²) in [5.41, 5.74) is 5.29. The Balaban J connectivity index is 1.52. The zero-order chi connectivity index (χ0) is 20.0. The third-order valence-electron chi connectivity index (χ3n) is 7.26. The van der Waals surface area contributed by atoms with Crippen LogP contribution in [-0.4, -0.2) is 29.7 Å². The summed E-state index contributed by atoms with van der Waals surface area (Å²) in [5.74, 6) is 0. The highest BCUT2D eigenvalue weighted by atomic mass is 35.5. The summed E-state index contributed by atoms with van der Waals surface area (Å²) in [4.78, 5) is 2.38. The molecule has 0 amide bonds. The van der Waals surface area contributed by atoms with Gasteiger partial charge in [-0.2, -0.15) is 0 Å². The maximum absolute atomic E-state index is 7.08. The highest BCUT2D eigenvalue weighted by Crippen LogP contribution is 2.66. The molecule has 2 heterocycles. The molecule has 2 unspecified atom stereocenters. The molecule has 0 radical (unpaired) electrons. The van der Waals surface area contributed by atoms with Crippen LogP contribution >= 0.6 is 11.6 Å². The molecule has 1 fully saturated rings. The summed E-state index contributed by atoms with van der Waals surface area (Å²) in [5, 5.41) is 7.99. The van der Waals surface area contributed by atoms with E-state index in [1.165, 1.54) is 23.1 Å². The molecular weight excluding hydrogens is 382 g/mol. The first-order valence-corrected chi connectivity index (χ1v) is 11.0. The average molecular weight is 408 g/mol. The third-order valence-corrected chi connectivity index (χ3v) is 7.67. The van der Waals surface area contributed by atoms with Crippen LogP contribution in [0, 0.1) is 10.8 Å². The number of fused-ring (bicyclic) bond motifs is 1. The second-order valence-electron chi connectivity index (χ2n) is 9.82. The van der Waals surface area contributed by atoms with Crippen LogP contribution < -0.4 is 5.01 Å². The molecule has 1 spiro atoms. The number of para-hydroxylation sites is 1. The predicted molar refractivity (Wildman–Crippen MR) is 117 cm³/mol. The first-order valence-electron chi connectivity index (χ1n) is 10.6. The van der Waals surface area contributed by atoms with E-state index in [0.29, 0.717) is 6.61 Å². The number of anilines is 1. The molecule has 29 heavy (non-hydrogen) atoms. The van der Waals surface area contributed by atoms with Gasteiger partial charge in [0.1, 0.15) is 6.61 Å². The van der Waals surface area contributed by atoms with Gasteiger partial charge in [-0.1, -0.05) is 62.7 Å². The van der Waals surface area contributed by atoms with Crippen molar-refractivity contribution in [1.29, 1.82) is 0 Å². The van der Waals surface area contributed by atoms with E-state index in [1.807, 2.05) is 6.07 Å². The first-order chi connectivity index (χ1) is 13.9. The Hall–Kier alpha value is -2.20. The van der Waals surface area contributed by atoms with E-state index in [4.69, 9.17) is 21.4 Å². The molecule has 3 atom stereocenters. The molecule has 0 saturated carbocycles. The number of hydrogen-bond acceptors (Lipinski definition) is 4. The van der Waals surface area contributed by atoms with Crippen molar-refractivity contribution < 1.29 is 4.74 Å².